The Morgan fingerprint density at radius 3 is 1.93 bits per heavy atom. The van der Waals surface area contributed by atoms with E-state index >= 15 is 0 Å². The monoisotopic (exact) mass is 573 g/mol. The molecule has 1 aliphatic carbocycles. The van der Waals surface area contributed by atoms with Crippen LogP contribution in [0, 0.1) is 11.8 Å². The minimum atomic E-state index is -1.12. The number of hydrogen-bond acceptors (Lipinski definition) is 6. The molecule has 1 aliphatic rings. The van der Waals surface area contributed by atoms with Crippen LogP contribution in [0.2, 0.25) is 0 Å². The van der Waals surface area contributed by atoms with Crippen molar-refractivity contribution in [3.63, 3.8) is 0 Å². The summed E-state index contributed by atoms with van der Waals surface area (Å²) in [6.45, 7) is 0.393. The summed E-state index contributed by atoms with van der Waals surface area (Å²) in [6, 6.07) is 29.3. The van der Waals surface area contributed by atoms with Crippen LogP contribution in [0.1, 0.15) is 44.1 Å². The number of fused-ring (bicyclic) bond motifs is 3. The quantitative estimate of drug-likeness (QED) is 0.213. The van der Waals surface area contributed by atoms with Gasteiger partial charge in [0.1, 0.15) is 12.6 Å². The first-order valence-corrected chi connectivity index (χ1v) is 13.9. The molecule has 0 saturated carbocycles. The highest BCUT2D eigenvalue weighted by molar-refractivity contribution is 5.97. The minimum Gasteiger partial charge on any atom is -0.467 e. The van der Waals surface area contributed by atoms with Crippen LogP contribution in [0.5, 0.6) is 0 Å². The number of esters is 1. The van der Waals surface area contributed by atoms with E-state index in [1.165, 1.54) is 7.11 Å². The Labute approximate surface area is 250 Å². The Kier molecular flexibility index (Phi) is 9.15. The Hall–Kier alpha value is -5.39. The van der Waals surface area contributed by atoms with Crippen LogP contribution >= 0.6 is 0 Å². The first-order valence-electron chi connectivity index (χ1n) is 13.9. The zero-order chi connectivity index (χ0) is 30.2. The fourth-order valence-corrected chi connectivity index (χ4v) is 4.99. The normalized spacial score (nSPS) is 12.1. The van der Waals surface area contributed by atoms with E-state index in [0.29, 0.717) is 12.1 Å². The maximum atomic E-state index is 12.9. The molecule has 4 N–H and O–H groups in total. The highest BCUT2D eigenvalue weighted by Gasteiger charge is 2.29. The lowest BCUT2D eigenvalue weighted by Gasteiger charge is -2.18. The zero-order valence-electron chi connectivity index (χ0n) is 23.6. The summed E-state index contributed by atoms with van der Waals surface area (Å²) in [7, 11) is 1.21. The van der Waals surface area contributed by atoms with Crippen molar-refractivity contribution in [2.75, 3.05) is 20.3 Å². The molecule has 0 radical (unpaired) electrons. The van der Waals surface area contributed by atoms with Gasteiger partial charge in [0.25, 0.3) is 5.91 Å². The number of methoxy groups -OCH3 is 1. The number of carbonyl (C=O) groups is 3. The maximum Gasteiger partial charge on any atom is 0.407 e. The van der Waals surface area contributed by atoms with Crippen LogP contribution in [-0.4, -0.2) is 44.3 Å². The summed E-state index contributed by atoms with van der Waals surface area (Å²) in [5.41, 5.74) is 13.0. The molecule has 43 heavy (non-hydrogen) atoms. The SMILES string of the molecule is COC(=O)[C@H](CNC(=O)OCC1c2ccccc2-c2ccccc21)NC(=O)c1ccc(C#Cc2ccc(CN)cc2)cc1. The fraction of sp³-hybridized carbons (Fsp3) is 0.171. The molecule has 216 valence electrons. The highest BCUT2D eigenvalue weighted by atomic mass is 16.5. The molecule has 8 nitrogen and oxygen atoms in total. The summed E-state index contributed by atoms with van der Waals surface area (Å²) in [5.74, 6) is 4.84. The zero-order valence-corrected chi connectivity index (χ0v) is 23.6. The molecular weight excluding hydrogens is 542 g/mol. The number of nitrogens with two attached hydrogens (primary N) is 1. The lowest BCUT2D eigenvalue weighted by Crippen LogP contribution is -2.49. The molecule has 0 unspecified atom stereocenters. The summed E-state index contributed by atoms with van der Waals surface area (Å²) >= 11 is 0. The molecule has 2 amide bonds. The third kappa shape index (κ3) is 6.92. The molecule has 5 rings (SSSR count). The minimum absolute atomic E-state index is 0.0985. The molecule has 8 heteroatoms. The Morgan fingerprint density at radius 2 is 1.37 bits per heavy atom. The Morgan fingerprint density at radius 1 is 0.814 bits per heavy atom. The number of nitrogens with one attached hydrogen (secondary N) is 2. The summed E-state index contributed by atoms with van der Waals surface area (Å²) < 4.78 is 10.4. The lowest BCUT2D eigenvalue weighted by atomic mass is 9.98. The van der Waals surface area contributed by atoms with Gasteiger partial charge in [0.2, 0.25) is 0 Å². The number of hydrogen-bond donors (Lipinski definition) is 3. The smallest absolute Gasteiger partial charge is 0.407 e. The van der Waals surface area contributed by atoms with Crippen LogP contribution < -0.4 is 16.4 Å². The van der Waals surface area contributed by atoms with Gasteiger partial charge in [0, 0.05) is 29.2 Å². The van der Waals surface area contributed by atoms with Gasteiger partial charge >= 0.3 is 12.1 Å². The Balaban J connectivity index is 1.16. The summed E-state index contributed by atoms with van der Waals surface area (Å²) in [4.78, 5) is 37.9. The number of amides is 2. The van der Waals surface area contributed by atoms with Crippen LogP contribution in [0.4, 0.5) is 4.79 Å². The molecule has 0 heterocycles. The van der Waals surface area contributed by atoms with Crippen molar-refractivity contribution in [2.24, 2.45) is 5.73 Å². The molecule has 0 fully saturated rings. The van der Waals surface area contributed by atoms with Gasteiger partial charge in [-0.15, -0.1) is 0 Å². The predicted octanol–water partition coefficient (Wildman–Crippen LogP) is 4.36. The molecule has 0 spiro atoms. The van der Waals surface area contributed by atoms with E-state index in [1.54, 1.807) is 24.3 Å². The van der Waals surface area contributed by atoms with E-state index in [1.807, 2.05) is 60.7 Å². The van der Waals surface area contributed by atoms with Gasteiger partial charge in [0.05, 0.1) is 13.7 Å². The topological polar surface area (TPSA) is 120 Å². The van der Waals surface area contributed by atoms with E-state index in [2.05, 4.69) is 34.6 Å². The van der Waals surface area contributed by atoms with Crippen molar-refractivity contribution in [2.45, 2.75) is 18.5 Å². The number of benzene rings is 4. The summed E-state index contributed by atoms with van der Waals surface area (Å²) in [6.07, 6.45) is -0.703. The average molecular weight is 574 g/mol. The van der Waals surface area contributed by atoms with Crippen molar-refractivity contribution >= 4 is 18.0 Å². The predicted molar refractivity (Wildman–Crippen MR) is 163 cm³/mol. The molecule has 0 aromatic heterocycles. The standard InChI is InChI=1S/C35H31N3O5/c1-42-34(40)32(38-33(39)26-18-16-24(17-19-26)11-10-23-12-14-25(20-36)15-13-23)21-37-35(41)43-22-31-29-8-4-2-6-27(29)28-7-3-5-9-30(28)31/h2-9,12-19,31-32H,20-22,36H2,1H3,(H,37,41)(H,38,39)/t32-/m0/s1. The van der Waals surface area contributed by atoms with Crippen LogP contribution in [0.3, 0.4) is 0 Å². The first-order chi connectivity index (χ1) is 21.0. The van der Waals surface area contributed by atoms with E-state index in [-0.39, 0.29) is 19.1 Å². The van der Waals surface area contributed by atoms with Gasteiger partial charge in [-0.2, -0.15) is 0 Å². The van der Waals surface area contributed by atoms with Crippen LogP contribution in [0.15, 0.2) is 97.1 Å². The fourth-order valence-electron chi connectivity index (χ4n) is 4.99. The maximum absolute atomic E-state index is 12.9. The van der Waals surface area contributed by atoms with Crippen molar-refractivity contribution in [1.29, 1.82) is 0 Å². The van der Waals surface area contributed by atoms with E-state index in [4.69, 9.17) is 15.2 Å². The summed E-state index contributed by atoms with van der Waals surface area (Å²) in [5, 5.41) is 5.19. The molecule has 0 bridgehead atoms. The second-order valence-corrected chi connectivity index (χ2v) is 9.98. The first kappa shape index (κ1) is 29.1. The largest absolute Gasteiger partial charge is 0.467 e. The Bertz CT molecular complexity index is 1640. The third-order valence-corrected chi connectivity index (χ3v) is 7.27. The van der Waals surface area contributed by atoms with Crippen molar-refractivity contribution in [3.8, 4) is 23.0 Å². The average Bonchev–Trinajstić information content (AvgIpc) is 3.38. The molecule has 0 aliphatic heterocycles. The van der Waals surface area contributed by atoms with Crippen LogP contribution in [0.25, 0.3) is 11.1 Å². The lowest BCUT2D eigenvalue weighted by molar-refractivity contribution is -0.142. The van der Waals surface area contributed by atoms with E-state index < -0.39 is 24.0 Å². The van der Waals surface area contributed by atoms with Gasteiger partial charge in [-0.05, 0) is 64.2 Å². The molecule has 1 atom stereocenters. The van der Waals surface area contributed by atoms with Gasteiger partial charge in [0.15, 0.2) is 0 Å². The third-order valence-electron chi connectivity index (χ3n) is 7.27. The second kappa shape index (κ2) is 13.5. The van der Waals surface area contributed by atoms with Crippen LogP contribution in [-0.2, 0) is 20.8 Å². The molecular formula is C35H31N3O5. The van der Waals surface area contributed by atoms with Gasteiger partial charge in [-0.1, -0.05) is 72.5 Å². The van der Waals surface area contributed by atoms with E-state index in [0.717, 1.165) is 38.9 Å². The number of alkyl carbamates (subject to hydrolysis) is 1. The number of carbonyl (C=O) groups excluding carboxylic acids is 3. The van der Waals surface area contributed by atoms with Gasteiger partial charge in [-0.3, -0.25) is 4.79 Å². The molecule has 4 aromatic rings. The second-order valence-electron chi connectivity index (χ2n) is 9.98. The highest BCUT2D eigenvalue weighted by Crippen LogP contribution is 2.44. The van der Waals surface area contributed by atoms with Crippen molar-refractivity contribution in [1.82, 2.24) is 10.6 Å². The van der Waals surface area contributed by atoms with Gasteiger partial charge in [-0.25, -0.2) is 9.59 Å². The number of ether oxygens (including phenoxy) is 2. The van der Waals surface area contributed by atoms with Crippen molar-refractivity contribution in [3.05, 3.63) is 130 Å². The van der Waals surface area contributed by atoms with Crippen molar-refractivity contribution < 1.29 is 23.9 Å². The molecule has 4 aromatic carbocycles. The molecule has 0 saturated heterocycles. The van der Waals surface area contributed by atoms with E-state index in [9.17, 15) is 14.4 Å². The number of rotatable bonds is 8. The van der Waals surface area contributed by atoms with Gasteiger partial charge < -0.3 is 25.8 Å².